The second-order valence-electron chi connectivity index (χ2n) is 15.5. The molecular formula is C49H59FN2O12S. The molecule has 1 fully saturated rings. The van der Waals surface area contributed by atoms with Gasteiger partial charge < -0.3 is 38.2 Å². The Morgan fingerprint density at radius 2 is 1.29 bits per heavy atom. The number of amides is 1. The average molecular weight is 919 g/mol. The first-order valence-electron chi connectivity index (χ1n) is 21.4. The quantitative estimate of drug-likeness (QED) is 0.0522. The summed E-state index contributed by atoms with van der Waals surface area (Å²) in [6, 6.07) is 19.9. The summed E-state index contributed by atoms with van der Waals surface area (Å²) >= 11 is 0. The molecule has 16 heteroatoms. The van der Waals surface area contributed by atoms with E-state index in [0.717, 1.165) is 59.9 Å². The van der Waals surface area contributed by atoms with Crippen LogP contribution in [0.3, 0.4) is 0 Å². The van der Waals surface area contributed by atoms with Crippen LogP contribution in [-0.4, -0.2) is 100.0 Å². The van der Waals surface area contributed by atoms with Crippen molar-refractivity contribution in [1.29, 1.82) is 0 Å². The minimum Gasteiger partial charge on any atom is -0.465 e. The maximum Gasteiger partial charge on any atom is 0.337 e. The van der Waals surface area contributed by atoms with Crippen molar-refractivity contribution in [3.8, 4) is 11.3 Å². The number of nitrogens with one attached hydrogen (secondary N) is 1. The molecule has 4 aromatic carbocycles. The Morgan fingerprint density at radius 1 is 0.754 bits per heavy atom. The lowest BCUT2D eigenvalue weighted by Gasteiger charge is -2.25. The van der Waals surface area contributed by atoms with Gasteiger partial charge in [0.2, 0.25) is 10.0 Å². The molecule has 0 radical (unpaired) electrons. The molecule has 1 amide bonds. The number of aryl methyl sites for hydroxylation is 2. The largest absolute Gasteiger partial charge is 0.465 e. The van der Waals surface area contributed by atoms with E-state index >= 15 is 0 Å². The second kappa shape index (κ2) is 24.0. The van der Waals surface area contributed by atoms with Crippen molar-refractivity contribution >= 4 is 44.5 Å². The first-order valence-corrected chi connectivity index (χ1v) is 23.3. The molecule has 1 saturated carbocycles. The lowest BCUT2D eigenvalue weighted by atomic mass is 10.0. The van der Waals surface area contributed by atoms with E-state index in [1.807, 2.05) is 38.1 Å². The summed E-state index contributed by atoms with van der Waals surface area (Å²) in [6.07, 6.45) is 3.96. The molecule has 0 saturated heterocycles. The number of nitrogens with zero attached hydrogens (tertiary/aromatic N) is 1. The average Bonchev–Trinajstić information content (AvgIpc) is 4.08. The third kappa shape index (κ3) is 13.9. The molecule has 5 aromatic rings. The molecule has 0 spiro atoms. The van der Waals surface area contributed by atoms with E-state index in [1.165, 1.54) is 49.8 Å². The van der Waals surface area contributed by atoms with Gasteiger partial charge in [0.05, 0.1) is 95.6 Å². The predicted molar refractivity (Wildman–Crippen MR) is 245 cm³/mol. The van der Waals surface area contributed by atoms with Crippen LogP contribution < -0.4 is 9.62 Å². The van der Waals surface area contributed by atoms with Crippen LogP contribution in [0.2, 0.25) is 0 Å². The minimum atomic E-state index is -3.72. The highest BCUT2D eigenvalue weighted by atomic mass is 32.2. The van der Waals surface area contributed by atoms with E-state index in [2.05, 4.69) is 17.0 Å². The molecule has 14 nitrogen and oxygen atoms in total. The molecule has 1 aliphatic carbocycles. The highest BCUT2D eigenvalue weighted by molar-refractivity contribution is 7.92. The number of anilines is 1. The Hall–Kier alpha value is -5.65. The predicted octanol–water partition coefficient (Wildman–Crippen LogP) is 8.30. The van der Waals surface area contributed by atoms with Crippen LogP contribution in [-0.2, 0) is 51.7 Å². The van der Waals surface area contributed by atoms with E-state index in [9.17, 15) is 27.2 Å². The van der Waals surface area contributed by atoms with Crippen LogP contribution in [0.4, 0.5) is 10.1 Å². The van der Waals surface area contributed by atoms with Gasteiger partial charge in [0.15, 0.2) is 0 Å². The zero-order valence-electron chi connectivity index (χ0n) is 38.1. The number of sulfonamides is 1. The van der Waals surface area contributed by atoms with Crippen LogP contribution in [0.1, 0.15) is 91.0 Å². The lowest BCUT2D eigenvalue weighted by Crippen LogP contribution is -2.34. The maximum absolute atomic E-state index is 13.7. The number of halogens is 1. The Bertz CT molecular complexity index is 2520. The van der Waals surface area contributed by atoms with Crippen molar-refractivity contribution in [1.82, 2.24) is 5.32 Å². The molecule has 1 aromatic heterocycles. The summed E-state index contributed by atoms with van der Waals surface area (Å²) in [4.78, 5) is 36.1. The molecule has 350 valence electrons. The number of benzene rings is 4. The molecule has 0 atom stereocenters. The summed E-state index contributed by atoms with van der Waals surface area (Å²) in [5.41, 5.74) is 7.43. The van der Waals surface area contributed by atoms with Gasteiger partial charge in [-0.25, -0.2) is 22.4 Å². The van der Waals surface area contributed by atoms with Crippen molar-refractivity contribution in [2.24, 2.45) is 0 Å². The normalized spacial score (nSPS) is 12.4. The summed E-state index contributed by atoms with van der Waals surface area (Å²) in [6.45, 7) is 9.48. The molecule has 1 heterocycles. The number of ether oxygens (including phenoxy) is 6. The number of carbonyl (C=O) groups excluding carboxylic acids is 3. The molecule has 0 bridgehead atoms. The fourth-order valence-electron chi connectivity index (χ4n) is 7.01. The van der Waals surface area contributed by atoms with Gasteiger partial charge in [0, 0.05) is 30.7 Å². The van der Waals surface area contributed by atoms with Gasteiger partial charge in [-0.2, -0.15) is 0 Å². The number of furan rings is 1. The topological polar surface area (TPSA) is 169 Å². The number of carbonyl (C=O) groups is 3. The second-order valence-corrected chi connectivity index (χ2v) is 17.4. The molecular weight excluding hydrogens is 860 g/mol. The fraction of sp³-hybridized carbons (Fsp3) is 0.408. The van der Waals surface area contributed by atoms with Crippen molar-refractivity contribution in [3.63, 3.8) is 0 Å². The summed E-state index contributed by atoms with van der Waals surface area (Å²) < 4.78 is 79.1. The SMILES string of the molecule is CCCOCCOCc1ccc(C(=O)OC)cc1C.CNC(=O)c1c(-c2ccc(F)cc2)oc2cc(N(CCOCCOCc3ccc(C(=O)OC)cc3C)S(C)(=O)=O)c(C3CC3)cc12. The Morgan fingerprint density at radius 3 is 1.77 bits per heavy atom. The highest BCUT2D eigenvalue weighted by Crippen LogP contribution is 2.48. The van der Waals surface area contributed by atoms with Crippen molar-refractivity contribution in [3.05, 3.63) is 123 Å². The van der Waals surface area contributed by atoms with Gasteiger partial charge in [0.25, 0.3) is 5.91 Å². The molecule has 6 rings (SSSR count). The summed E-state index contributed by atoms with van der Waals surface area (Å²) in [7, 11) is 0.519. The first-order chi connectivity index (χ1) is 31.2. The van der Waals surface area contributed by atoms with Gasteiger partial charge in [-0.3, -0.25) is 9.10 Å². The van der Waals surface area contributed by atoms with Crippen molar-refractivity contribution < 1.29 is 60.0 Å². The van der Waals surface area contributed by atoms with Crippen LogP contribution >= 0.6 is 0 Å². The van der Waals surface area contributed by atoms with Crippen LogP contribution in [0, 0.1) is 19.7 Å². The lowest BCUT2D eigenvalue weighted by molar-refractivity contribution is 0.0406. The van der Waals surface area contributed by atoms with E-state index < -0.39 is 21.8 Å². The van der Waals surface area contributed by atoms with E-state index in [-0.39, 0.29) is 49.9 Å². The number of hydrogen-bond donors (Lipinski definition) is 1. The summed E-state index contributed by atoms with van der Waals surface area (Å²) in [5, 5.41) is 3.21. The summed E-state index contributed by atoms with van der Waals surface area (Å²) in [5.74, 6) is -1.08. The van der Waals surface area contributed by atoms with E-state index in [1.54, 1.807) is 24.3 Å². The number of esters is 2. The third-order valence-corrected chi connectivity index (χ3v) is 11.8. The Balaban J connectivity index is 0.000000350. The van der Waals surface area contributed by atoms with Gasteiger partial charge in [-0.1, -0.05) is 19.1 Å². The van der Waals surface area contributed by atoms with Gasteiger partial charge in [-0.15, -0.1) is 0 Å². The smallest absolute Gasteiger partial charge is 0.337 e. The van der Waals surface area contributed by atoms with Gasteiger partial charge >= 0.3 is 11.9 Å². The standard InChI is InChI=1S/C34H37FN2O8S.C15H22O4/c1-21-17-24(34(39)42-3)7-8-25(21)20-44-16-15-43-14-13-37(46(4,40)41)29-19-30-28(18-27(29)22-5-6-22)31(33(38)36-2)32(45-30)23-9-11-26(35)12-10-23;1-4-7-18-8-9-19-11-14-6-5-13(10-12(14)2)15(16)17-3/h7-12,17-19,22H,5-6,13-16,20H2,1-4H3,(H,36,38);5-6,10H,4,7-9,11H2,1-3H3. The third-order valence-electron chi connectivity index (χ3n) is 10.7. The number of methoxy groups -OCH3 is 2. The Kier molecular flexibility index (Phi) is 18.6. The monoisotopic (exact) mass is 918 g/mol. The molecule has 1 aliphatic rings. The van der Waals surface area contributed by atoms with E-state index in [4.69, 9.17) is 28.1 Å². The minimum absolute atomic E-state index is 0.0615. The van der Waals surface area contributed by atoms with Crippen molar-refractivity contribution in [2.75, 3.05) is 78.0 Å². The van der Waals surface area contributed by atoms with E-state index in [0.29, 0.717) is 65.3 Å². The molecule has 65 heavy (non-hydrogen) atoms. The fourth-order valence-corrected chi connectivity index (χ4v) is 7.93. The molecule has 1 N–H and O–H groups in total. The highest BCUT2D eigenvalue weighted by Gasteiger charge is 2.33. The van der Waals surface area contributed by atoms with Gasteiger partial charge in [-0.05, 0) is 121 Å². The van der Waals surface area contributed by atoms with Crippen LogP contribution in [0.5, 0.6) is 0 Å². The first kappa shape index (κ1) is 50.4. The number of rotatable bonds is 22. The number of fused-ring (bicyclic) bond motifs is 1. The van der Waals surface area contributed by atoms with Crippen LogP contribution in [0.15, 0.2) is 77.2 Å². The number of hydrogen-bond acceptors (Lipinski definition) is 12. The molecule has 0 unspecified atom stereocenters. The Labute approximate surface area is 380 Å². The zero-order chi connectivity index (χ0) is 47.1. The molecule has 0 aliphatic heterocycles. The van der Waals surface area contributed by atoms with Crippen molar-refractivity contribution in [2.45, 2.75) is 59.2 Å². The maximum atomic E-state index is 13.7. The van der Waals surface area contributed by atoms with Crippen LogP contribution in [0.25, 0.3) is 22.3 Å². The van der Waals surface area contributed by atoms with Gasteiger partial charge in [0.1, 0.15) is 17.2 Å². The zero-order valence-corrected chi connectivity index (χ0v) is 38.9.